The average Bonchev–Trinajstić information content (AvgIpc) is 2.53. The van der Waals surface area contributed by atoms with Crippen LogP contribution in [0.25, 0.3) is 0 Å². The van der Waals surface area contributed by atoms with Crippen LogP contribution in [-0.4, -0.2) is 20.0 Å². The molecule has 110 valence electrons. The number of rotatable bonds is 7. The minimum absolute atomic E-state index is 0.159. The molecule has 2 aromatic rings. The molecule has 0 amide bonds. The highest BCUT2D eigenvalue weighted by Crippen LogP contribution is 2.23. The van der Waals surface area contributed by atoms with Gasteiger partial charge in [-0.15, -0.1) is 0 Å². The second-order valence-electron chi connectivity index (χ2n) is 4.80. The highest BCUT2D eigenvalue weighted by Gasteiger charge is 2.12. The fourth-order valence-corrected chi connectivity index (χ4v) is 2.28. The summed E-state index contributed by atoms with van der Waals surface area (Å²) in [5, 5.41) is 0. The SMILES string of the molecule is CCOc1cccc(CC(C=O)c2ccc(OC)cc2)c1. The van der Waals surface area contributed by atoms with Gasteiger partial charge in [0.1, 0.15) is 17.8 Å². The molecule has 0 heterocycles. The lowest BCUT2D eigenvalue weighted by atomic mass is 9.93. The number of carbonyl (C=O) groups excluding carboxylic acids is 1. The van der Waals surface area contributed by atoms with Crippen LogP contribution in [0.4, 0.5) is 0 Å². The molecule has 0 aliphatic heterocycles. The zero-order valence-corrected chi connectivity index (χ0v) is 12.4. The monoisotopic (exact) mass is 284 g/mol. The molecule has 0 fully saturated rings. The Labute approximate surface area is 125 Å². The number of hydrogen-bond acceptors (Lipinski definition) is 3. The Kier molecular flexibility index (Phi) is 5.38. The summed E-state index contributed by atoms with van der Waals surface area (Å²) in [6, 6.07) is 15.5. The molecule has 3 heteroatoms. The van der Waals surface area contributed by atoms with Gasteiger partial charge >= 0.3 is 0 Å². The maximum atomic E-state index is 11.4. The first-order chi connectivity index (χ1) is 10.3. The second kappa shape index (κ2) is 7.48. The summed E-state index contributed by atoms with van der Waals surface area (Å²) >= 11 is 0. The van der Waals surface area contributed by atoms with E-state index in [1.807, 2.05) is 55.5 Å². The lowest BCUT2D eigenvalue weighted by Crippen LogP contribution is -2.05. The zero-order valence-electron chi connectivity index (χ0n) is 12.4. The minimum Gasteiger partial charge on any atom is -0.497 e. The zero-order chi connectivity index (χ0) is 15.1. The fraction of sp³-hybridized carbons (Fsp3) is 0.278. The van der Waals surface area contributed by atoms with Crippen LogP contribution < -0.4 is 9.47 Å². The maximum Gasteiger partial charge on any atom is 0.127 e. The van der Waals surface area contributed by atoms with E-state index in [1.54, 1.807) is 7.11 Å². The quantitative estimate of drug-likeness (QED) is 0.728. The first-order valence-corrected chi connectivity index (χ1v) is 7.07. The molecule has 0 aromatic heterocycles. The Morgan fingerprint density at radius 2 is 1.86 bits per heavy atom. The maximum absolute atomic E-state index is 11.4. The Morgan fingerprint density at radius 1 is 1.10 bits per heavy atom. The molecule has 3 nitrogen and oxygen atoms in total. The van der Waals surface area contributed by atoms with E-state index < -0.39 is 0 Å². The van der Waals surface area contributed by atoms with Crippen molar-refractivity contribution in [1.82, 2.24) is 0 Å². The van der Waals surface area contributed by atoms with Crippen LogP contribution in [0.1, 0.15) is 24.0 Å². The Morgan fingerprint density at radius 3 is 2.48 bits per heavy atom. The highest BCUT2D eigenvalue weighted by molar-refractivity contribution is 5.63. The molecule has 2 aromatic carbocycles. The number of benzene rings is 2. The standard InChI is InChI=1S/C18H20O3/c1-3-21-18-6-4-5-14(12-18)11-16(13-19)15-7-9-17(20-2)10-8-15/h4-10,12-13,16H,3,11H2,1-2H3. The molecular weight excluding hydrogens is 264 g/mol. The van der Waals surface area contributed by atoms with Crippen molar-refractivity contribution in [2.24, 2.45) is 0 Å². The van der Waals surface area contributed by atoms with Crippen molar-refractivity contribution < 1.29 is 14.3 Å². The third-order valence-electron chi connectivity index (χ3n) is 3.37. The van der Waals surface area contributed by atoms with Crippen molar-refractivity contribution in [3.05, 3.63) is 59.7 Å². The van der Waals surface area contributed by atoms with Crippen molar-refractivity contribution in [2.75, 3.05) is 13.7 Å². The van der Waals surface area contributed by atoms with Crippen molar-refractivity contribution >= 4 is 6.29 Å². The van der Waals surface area contributed by atoms with Gasteiger partial charge in [-0.05, 0) is 48.7 Å². The van der Waals surface area contributed by atoms with Crippen molar-refractivity contribution in [3.8, 4) is 11.5 Å². The van der Waals surface area contributed by atoms with Gasteiger partial charge in [0.05, 0.1) is 13.7 Å². The van der Waals surface area contributed by atoms with Crippen LogP contribution in [0, 0.1) is 0 Å². The third kappa shape index (κ3) is 4.09. The van der Waals surface area contributed by atoms with Gasteiger partial charge in [-0.2, -0.15) is 0 Å². The summed E-state index contributed by atoms with van der Waals surface area (Å²) in [5.74, 6) is 1.48. The van der Waals surface area contributed by atoms with Gasteiger partial charge in [-0.25, -0.2) is 0 Å². The van der Waals surface area contributed by atoms with E-state index in [1.165, 1.54) is 0 Å². The summed E-state index contributed by atoms with van der Waals surface area (Å²) < 4.78 is 10.6. The predicted molar refractivity (Wildman–Crippen MR) is 83.1 cm³/mol. The Balaban J connectivity index is 2.14. The van der Waals surface area contributed by atoms with Crippen LogP contribution in [-0.2, 0) is 11.2 Å². The van der Waals surface area contributed by atoms with E-state index >= 15 is 0 Å². The van der Waals surface area contributed by atoms with Crippen LogP contribution in [0.3, 0.4) is 0 Å². The molecule has 1 atom stereocenters. The number of methoxy groups -OCH3 is 1. The normalized spacial score (nSPS) is 11.7. The molecule has 0 bridgehead atoms. The largest absolute Gasteiger partial charge is 0.497 e. The van der Waals surface area contributed by atoms with E-state index in [9.17, 15) is 4.79 Å². The third-order valence-corrected chi connectivity index (χ3v) is 3.37. The van der Waals surface area contributed by atoms with Gasteiger partial charge in [0.25, 0.3) is 0 Å². The first-order valence-electron chi connectivity index (χ1n) is 7.07. The van der Waals surface area contributed by atoms with Crippen LogP contribution in [0.15, 0.2) is 48.5 Å². The molecule has 0 saturated carbocycles. The topological polar surface area (TPSA) is 35.5 Å². The smallest absolute Gasteiger partial charge is 0.127 e. The molecule has 0 aliphatic carbocycles. The number of aldehydes is 1. The predicted octanol–water partition coefficient (Wildman–Crippen LogP) is 3.62. The lowest BCUT2D eigenvalue weighted by Gasteiger charge is -2.12. The van der Waals surface area contributed by atoms with Crippen molar-refractivity contribution in [2.45, 2.75) is 19.3 Å². The average molecular weight is 284 g/mol. The van der Waals surface area contributed by atoms with E-state index in [0.29, 0.717) is 13.0 Å². The summed E-state index contributed by atoms with van der Waals surface area (Å²) in [6.45, 7) is 2.59. The van der Waals surface area contributed by atoms with Crippen molar-refractivity contribution in [1.29, 1.82) is 0 Å². The molecule has 0 saturated heterocycles. The van der Waals surface area contributed by atoms with E-state index in [-0.39, 0.29) is 5.92 Å². The van der Waals surface area contributed by atoms with E-state index in [4.69, 9.17) is 9.47 Å². The fourth-order valence-electron chi connectivity index (χ4n) is 2.28. The van der Waals surface area contributed by atoms with Crippen LogP contribution in [0.5, 0.6) is 11.5 Å². The molecule has 0 N–H and O–H groups in total. The number of ether oxygens (including phenoxy) is 2. The number of hydrogen-bond donors (Lipinski definition) is 0. The molecule has 0 radical (unpaired) electrons. The number of carbonyl (C=O) groups is 1. The molecule has 21 heavy (non-hydrogen) atoms. The highest BCUT2D eigenvalue weighted by atomic mass is 16.5. The van der Waals surface area contributed by atoms with Gasteiger partial charge in [-0.1, -0.05) is 24.3 Å². The van der Waals surface area contributed by atoms with E-state index in [0.717, 1.165) is 28.9 Å². The first kappa shape index (κ1) is 15.1. The summed E-state index contributed by atoms with van der Waals surface area (Å²) in [4.78, 5) is 11.4. The minimum atomic E-state index is -0.159. The summed E-state index contributed by atoms with van der Waals surface area (Å²) in [6.07, 6.45) is 1.66. The van der Waals surface area contributed by atoms with Crippen molar-refractivity contribution in [3.63, 3.8) is 0 Å². The van der Waals surface area contributed by atoms with Gasteiger partial charge in [-0.3, -0.25) is 0 Å². The van der Waals surface area contributed by atoms with Crippen LogP contribution in [0.2, 0.25) is 0 Å². The van der Waals surface area contributed by atoms with Gasteiger partial charge < -0.3 is 14.3 Å². The van der Waals surface area contributed by atoms with Crippen LogP contribution >= 0.6 is 0 Å². The Bertz CT molecular complexity index is 575. The molecule has 1 unspecified atom stereocenters. The second-order valence-corrected chi connectivity index (χ2v) is 4.80. The van der Waals surface area contributed by atoms with E-state index in [2.05, 4.69) is 0 Å². The molecule has 0 spiro atoms. The molecular formula is C18H20O3. The van der Waals surface area contributed by atoms with Gasteiger partial charge in [0.15, 0.2) is 0 Å². The molecule has 2 rings (SSSR count). The van der Waals surface area contributed by atoms with Gasteiger partial charge in [0.2, 0.25) is 0 Å². The summed E-state index contributed by atoms with van der Waals surface area (Å²) in [7, 11) is 1.63. The Hall–Kier alpha value is -2.29. The lowest BCUT2D eigenvalue weighted by molar-refractivity contribution is -0.109. The molecule has 0 aliphatic rings. The summed E-state index contributed by atoms with van der Waals surface area (Å²) in [5.41, 5.74) is 2.08. The van der Waals surface area contributed by atoms with Gasteiger partial charge in [0, 0.05) is 5.92 Å².